The standard InChI is InChI=1S/C26H45NO3/c1-2-3-4-5-6-7-8-9-10-11-12-13-14-15-16-17-20-27-25(28)23-21-18-19-22(30-21)24(23)26(27)29/h21-24H,2-20H2,1H3/t21-,22+,23+,24-. The second-order valence-corrected chi connectivity index (χ2v) is 9.97. The molecule has 0 aromatic heterocycles. The molecule has 4 atom stereocenters. The van der Waals surface area contributed by atoms with E-state index in [1.807, 2.05) is 0 Å². The molecular formula is C26H45NO3. The van der Waals surface area contributed by atoms with Gasteiger partial charge in [0.2, 0.25) is 11.8 Å². The number of hydrogen-bond acceptors (Lipinski definition) is 3. The van der Waals surface area contributed by atoms with Crippen molar-refractivity contribution in [1.82, 2.24) is 4.90 Å². The second-order valence-electron chi connectivity index (χ2n) is 9.97. The first-order valence-electron chi connectivity index (χ1n) is 13.2. The number of unbranched alkanes of at least 4 members (excludes halogenated alkanes) is 15. The summed E-state index contributed by atoms with van der Waals surface area (Å²) in [6.45, 7) is 2.91. The van der Waals surface area contributed by atoms with E-state index in [4.69, 9.17) is 4.74 Å². The van der Waals surface area contributed by atoms with Gasteiger partial charge >= 0.3 is 0 Å². The predicted octanol–water partition coefficient (Wildman–Crippen LogP) is 6.41. The van der Waals surface area contributed by atoms with Gasteiger partial charge in [-0.05, 0) is 19.3 Å². The van der Waals surface area contributed by atoms with Crippen molar-refractivity contribution in [3.63, 3.8) is 0 Å². The van der Waals surface area contributed by atoms with E-state index in [0.717, 1.165) is 25.7 Å². The molecule has 30 heavy (non-hydrogen) atoms. The highest BCUT2D eigenvalue weighted by Gasteiger charge is 2.62. The number of ether oxygens (including phenoxy) is 1. The average Bonchev–Trinajstić information content (AvgIpc) is 3.43. The van der Waals surface area contributed by atoms with Gasteiger partial charge in [0, 0.05) is 6.54 Å². The molecule has 2 amide bonds. The first-order valence-corrected chi connectivity index (χ1v) is 13.2. The quantitative estimate of drug-likeness (QED) is 0.202. The maximum atomic E-state index is 12.6. The monoisotopic (exact) mass is 419 g/mol. The number of imide groups is 1. The molecule has 3 aliphatic rings. The number of hydrogen-bond donors (Lipinski definition) is 0. The Hall–Kier alpha value is -0.900. The largest absolute Gasteiger partial charge is 0.373 e. The van der Waals surface area contributed by atoms with Gasteiger partial charge in [0.25, 0.3) is 0 Å². The molecule has 0 radical (unpaired) electrons. The number of nitrogens with zero attached hydrogens (tertiary/aromatic N) is 1. The number of carbonyl (C=O) groups excluding carboxylic acids is 2. The molecule has 3 rings (SSSR count). The van der Waals surface area contributed by atoms with Crippen LogP contribution < -0.4 is 0 Å². The molecular weight excluding hydrogens is 374 g/mol. The van der Waals surface area contributed by atoms with E-state index in [2.05, 4.69) is 6.92 Å². The highest BCUT2D eigenvalue weighted by molar-refractivity contribution is 6.06. The van der Waals surface area contributed by atoms with Gasteiger partial charge in [-0.1, -0.05) is 103 Å². The van der Waals surface area contributed by atoms with Crippen LogP contribution in [0.25, 0.3) is 0 Å². The van der Waals surface area contributed by atoms with Crippen LogP contribution in [0.2, 0.25) is 0 Å². The average molecular weight is 420 g/mol. The van der Waals surface area contributed by atoms with Gasteiger partial charge in [-0.2, -0.15) is 0 Å². The summed E-state index contributed by atoms with van der Waals surface area (Å²) in [6.07, 6.45) is 23.4. The first kappa shape index (κ1) is 23.8. The molecule has 0 aromatic rings. The zero-order valence-electron chi connectivity index (χ0n) is 19.4. The van der Waals surface area contributed by atoms with Gasteiger partial charge < -0.3 is 4.74 Å². The molecule has 3 saturated heterocycles. The Labute approximate surface area is 184 Å². The van der Waals surface area contributed by atoms with Crippen LogP contribution in [-0.4, -0.2) is 35.5 Å². The lowest BCUT2D eigenvalue weighted by atomic mass is 9.81. The van der Waals surface area contributed by atoms with E-state index < -0.39 is 0 Å². The minimum Gasteiger partial charge on any atom is -0.373 e. The van der Waals surface area contributed by atoms with Crippen molar-refractivity contribution in [3.8, 4) is 0 Å². The van der Waals surface area contributed by atoms with Crippen molar-refractivity contribution in [2.75, 3.05) is 6.54 Å². The van der Waals surface area contributed by atoms with E-state index in [1.54, 1.807) is 4.90 Å². The van der Waals surface area contributed by atoms with E-state index in [9.17, 15) is 9.59 Å². The Morgan fingerprint density at radius 2 is 1.00 bits per heavy atom. The number of fused-ring (bicyclic) bond motifs is 5. The van der Waals surface area contributed by atoms with Crippen LogP contribution >= 0.6 is 0 Å². The molecule has 0 aliphatic carbocycles. The smallest absolute Gasteiger partial charge is 0.235 e. The molecule has 0 N–H and O–H groups in total. The van der Waals surface area contributed by atoms with Crippen molar-refractivity contribution in [2.45, 2.75) is 135 Å². The zero-order valence-corrected chi connectivity index (χ0v) is 19.4. The topological polar surface area (TPSA) is 46.6 Å². The molecule has 4 nitrogen and oxygen atoms in total. The van der Waals surface area contributed by atoms with Gasteiger partial charge in [0.15, 0.2) is 0 Å². The fourth-order valence-corrected chi connectivity index (χ4v) is 5.81. The molecule has 4 heteroatoms. The summed E-state index contributed by atoms with van der Waals surface area (Å²) in [4.78, 5) is 26.8. The summed E-state index contributed by atoms with van der Waals surface area (Å²) in [6, 6.07) is 0. The van der Waals surface area contributed by atoms with Crippen LogP contribution in [0.3, 0.4) is 0 Å². The Bertz CT molecular complexity index is 506. The maximum absolute atomic E-state index is 12.6. The van der Waals surface area contributed by atoms with Crippen molar-refractivity contribution in [2.24, 2.45) is 11.8 Å². The Morgan fingerprint density at radius 3 is 1.40 bits per heavy atom. The molecule has 0 spiro atoms. The summed E-state index contributed by atoms with van der Waals surface area (Å²) < 4.78 is 5.80. The SMILES string of the molecule is CCCCCCCCCCCCCCCCCCN1C(=O)[C@@H]2[C@H](C1=O)[C@@H]1CC[C@H]2O1. The zero-order chi connectivity index (χ0) is 21.2. The lowest BCUT2D eigenvalue weighted by Gasteiger charge is -2.17. The van der Waals surface area contributed by atoms with Crippen molar-refractivity contribution in [3.05, 3.63) is 0 Å². The van der Waals surface area contributed by atoms with Gasteiger partial charge in [-0.25, -0.2) is 0 Å². The molecule has 3 aliphatic heterocycles. The minimum atomic E-state index is -0.155. The molecule has 3 fully saturated rings. The van der Waals surface area contributed by atoms with Crippen molar-refractivity contribution >= 4 is 11.8 Å². The van der Waals surface area contributed by atoms with Gasteiger partial charge in [-0.3, -0.25) is 14.5 Å². The van der Waals surface area contributed by atoms with Gasteiger partial charge in [0.1, 0.15) is 0 Å². The predicted molar refractivity (Wildman–Crippen MR) is 121 cm³/mol. The van der Waals surface area contributed by atoms with E-state index >= 15 is 0 Å². The summed E-state index contributed by atoms with van der Waals surface area (Å²) >= 11 is 0. The second kappa shape index (κ2) is 12.8. The third-order valence-electron chi connectivity index (χ3n) is 7.61. The highest BCUT2D eigenvalue weighted by Crippen LogP contribution is 2.48. The van der Waals surface area contributed by atoms with Crippen LogP contribution in [-0.2, 0) is 14.3 Å². The molecule has 0 unspecified atom stereocenters. The van der Waals surface area contributed by atoms with Crippen LogP contribution in [0.15, 0.2) is 0 Å². The minimum absolute atomic E-state index is 0.0206. The van der Waals surface area contributed by atoms with Crippen LogP contribution in [0.5, 0.6) is 0 Å². The number of carbonyl (C=O) groups is 2. The maximum Gasteiger partial charge on any atom is 0.235 e. The van der Waals surface area contributed by atoms with Crippen LogP contribution in [0, 0.1) is 11.8 Å². The van der Waals surface area contributed by atoms with Gasteiger partial charge in [0.05, 0.1) is 24.0 Å². The third-order valence-corrected chi connectivity index (χ3v) is 7.61. The summed E-state index contributed by atoms with van der Waals surface area (Å²) in [5.41, 5.74) is 0. The van der Waals surface area contributed by atoms with Crippen LogP contribution in [0.1, 0.15) is 122 Å². The number of rotatable bonds is 17. The van der Waals surface area contributed by atoms with Crippen LogP contribution in [0.4, 0.5) is 0 Å². The fourth-order valence-electron chi connectivity index (χ4n) is 5.81. The lowest BCUT2D eigenvalue weighted by Crippen LogP contribution is -2.35. The molecule has 2 bridgehead atoms. The summed E-state index contributed by atoms with van der Waals surface area (Å²) in [5, 5.41) is 0. The Morgan fingerprint density at radius 1 is 0.633 bits per heavy atom. The van der Waals surface area contributed by atoms with Crippen molar-refractivity contribution < 1.29 is 14.3 Å². The molecule has 3 heterocycles. The summed E-state index contributed by atoms with van der Waals surface area (Å²) in [7, 11) is 0. The van der Waals surface area contributed by atoms with Gasteiger partial charge in [-0.15, -0.1) is 0 Å². The summed E-state index contributed by atoms with van der Waals surface area (Å²) in [5.74, 6) is -0.203. The highest BCUT2D eigenvalue weighted by atomic mass is 16.5. The van der Waals surface area contributed by atoms with E-state index in [1.165, 1.54) is 89.9 Å². The first-order chi connectivity index (χ1) is 14.7. The molecule has 172 valence electrons. The molecule has 0 aromatic carbocycles. The van der Waals surface area contributed by atoms with Crippen molar-refractivity contribution in [1.29, 1.82) is 0 Å². The van der Waals surface area contributed by atoms with E-state index in [-0.39, 0.29) is 35.9 Å². The third kappa shape index (κ3) is 6.31. The lowest BCUT2D eigenvalue weighted by molar-refractivity contribution is -0.142. The molecule has 0 saturated carbocycles. The van der Waals surface area contributed by atoms with E-state index in [0.29, 0.717) is 6.54 Å². The Balaban J connectivity index is 1.11. The normalized spacial score (nSPS) is 27.4. The number of amides is 2. The fraction of sp³-hybridized carbons (Fsp3) is 0.923. The Kier molecular flexibility index (Phi) is 10.2. The number of likely N-dealkylation sites (tertiary alicyclic amines) is 1.